The van der Waals surface area contributed by atoms with Gasteiger partial charge in [0.05, 0.1) is 0 Å². The Balaban J connectivity index is 5.79. The Morgan fingerprint density at radius 1 is 0.400 bits per heavy atom. The van der Waals surface area contributed by atoms with E-state index in [1.54, 1.807) is 0 Å². The van der Waals surface area contributed by atoms with E-state index in [2.05, 4.69) is 39.3 Å². The van der Waals surface area contributed by atoms with E-state index >= 15 is 0 Å². The van der Waals surface area contributed by atoms with Crippen LogP contribution in [-0.2, 0) is 25.4 Å². The molecule has 0 fully saturated rings. The van der Waals surface area contributed by atoms with Crippen molar-refractivity contribution >= 4 is 51.1 Å². The van der Waals surface area contributed by atoms with Crippen LogP contribution < -0.4 is 0 Å². The lowest BCUT2D eigenvalue weighted by Gasteiger charge is -2.42. The minimum atomic E-state index is -4.13. The molecule has 0 spiro atoms. The van der Waals surface area contributed by atoms with Crippen molar-refractivity contribution in [1.29, 1.82) is 0 Å². The predicted octanol–water partition coefficient (Wildman–Crippen LogP) is 4.84. The minimum absolute atomic E-state index is 1.82. The first-order valence-electron chi connectivity index (χ1n) is 8.75. The van der Waals surface area contributed by atoms with Gasteiger partial charge in [0, 0.05) is 6.55 Å². The fraction of sp³-hybridized carbons (Fsp3) is 1.00. The van der Waals surface area contributed by atoms with Crippen LogP contribution in [0.2, 0.25) is 85.1 Å². The smallest absolute Gasteiger partial charge is 0.417 e. The highest BCUT2D eigenvalue weighted by Gasteiger charge is 2.58. The normalized spacial score (nSPS) is 15.6. The lowest BCUT2D eigenvalue weighted by molar-refractivity contribution is 0.0757. The van der Waals surface area contributed by atoms with Crippen LogP contribution >= 0.6 is 0 Å². The van der Waals surface area contributed by atoms with Crippen LogP contribution in [0.3, 0.4) is 0 Å². The van der Waals surface area contributed by atoms with Crippen molar-refractivity contribution < 1.29 is 25.4 Å². The summed E-state index contributed by atoms with van der Waals surface area (Å²) in [6.45, 7) is 26.1. The minimum Gasteiger partial charge on any atom is -0.417 e. The van der Waals surface area contributed by atoms with E-state index in [0.717, 1.165) is 0 Å². The molecule has 1 radical (unpaired) electrons. The van der Waals surface area contributed by atoms with Crippen molar-refractivity contribution in [2.45, 2.75) is 85.1 Å². The third-order valence-corrected chi connectivity index (χ3v) is 19.4. The Labute approximate surface area is 161 Å². The second-order valence-electron chi connectivity index (χ2n) is 10.3. The van der Waals surface area contributed by atoms with Crippen molar-refractivity contribution in [2.24, 2.45) is 0 Å². The molecule has 0 rings (SSSR count). The molecular weight excluding hydrogens is 421 g/mol. The van der Waals surface area contributed by atoms with Crippen molar-refractivity contribution in [3.63, 3.8) is 0 Å². The summed E-state index contributed by atoms with van der Waals surface area (Å²) in [6.07, 6.45) is 0. The van der Waals surface area contributed by atoms with Gasteiger partial charge in [-0.3, -0.25) is 0 Å². The van der Waals surface area contributed by atoms with Crippen LogP contribution in [0.15, 0.2) is 0 Å². The lowest BCUT2D eigenvalue weighted by atomic mass is 11.8. The van der Waals surface area contributed by atoms with Gasteiger partial charge in [0.25, 0.3) is 0 Å². The van der Waals surface area contributed by atoms with E-state index in [1.165, 1.54) is 0 Å². The van der Waals surface area contributed by atoms with Crippen LogP contribution in [0, 0.1) is 0 Å². The molecule has 0 heterocycles. The average molecular weight is 460 g/mol. The molecule has 0 aromatic rings. The average Bonchev–Trinajstić information content (AvgIpc) is 1.97. The lowest BCUT2D eigenvalue weighted by Crippen LogP contribution is -2.65. The highest BCUT2D eigenvalue weighted by molar-refractivity contribution is 6.90. The molecule has 0 N–H and O–H groups in total. The molecule has 0 amide bonds. The van der Waals surface area contributed by atoms with Gasteiger partial charge in [0.2, 0.25) is 0 Å². The molecule has 151 valence electrons. The highest BCUT2D eigenvalue weighted by atomic mass is 28.5. The van der Waals surface area contributed by atoms with Crippen LogP contribution in [0.25, 0.3) is 0 Å². The summed E-state index contributed by atoms with van der Waals surface area (Å²) in [5.41, 5.74) is 0. The van der Waals surface area contributed by atoms with Gasteiger partial charge >= 0.3 is 17.9 Å². The van der Waals surface area contributed by atoms with E-state index in [0.29, 0.717) is 0 Å². The summed E-state index contributed by atoms with van der Waals surface area (Å²) in [5.74, 6) is 0. The third kappa shape index (κ3) is 13.8. The maximum Gasteiger partial charge on any atom is 0.678 e. The Hall–Kier alpha value is 1.06. The maximum atomic E-state index is 13.6. The molecule has 0 aromatic carbocycles. The zero-order valence-corrected chi connectivity index (χ0v) is 24.4. The summed E-state index contributed by atoms with van der Waals surface area (Å²) >= 11 is 0. The maximum absolute atomic E-state index is 13.6. The number of hydrogen-bond donors (Lipinski definition) is 0. The van der Waals surface area contributed by atoms with Gasteiger partial charge in [-0.25, -0.2) is 4.80 Å². The first kappa shape index (κ1) is 26.1. The molecule has 0 aliphatic carbocycles. The molecule has 0 aliphatic rings. The quantitative estimate of drug-likeness (QED) is 0.437. The zero-order chi connectivity index (χ0) is 20.5. The molecule has 0 aliphatic heterocycles. The van der Waals surface area contributed by atoms with E-state index in [4.69, 9.17) is 20.6 Å². The molecule has 0 aromatic heterocycles. The van der Waals surface area contributed by atoms with Gasteiger partial charge in [-0.05, 0) is 78.6 Å². The summed E-state index contributed by atoms with van der Waals surface area (Å²) in [5, 5.41) is 0. The topological polar surface area (TPSA) is 66.1 Å². The first-order chi connectivity index (χ1) is 10.5. The van der Waals surface area contributed by atoms with Crippen molar-refractivity contribution in [2.75, 3.05) is 0 Å². The Kier molecular flexibility index (Phi) is 8.55. The molecule has 0 saturated heterocycles. The van der Waals surface area contributed by atoms with Gasteiger partial charge < -0.3 is 20.6 Å². The summed E-state index contributed by atoms with van der Waals surface area (Å²) < 4.78 is 30.6. The van der Waals surface area contributed by atoms with Gasteiger partial charge in [0.15, 0.2) is 33.3 Å². The molecule has 0 unspecified atom stereocenters. The monoisotopic (exact) mass is 459 g/mol. The van der Waals surface area contributed by atoms with Gasteiger partial charge in [-0.2, -0.15) is 0 Å². The Bertz CT molecular complexity index is 362. The molecule has 12 heteroatoms. The Morgan fingerprint density at radius 2 is 0.640 bits per heavy atom. The van der Waals surface area contributed by atoms with Crippen molar-refractivity contribution in [3.8, 4) is 0 Å². The van der Waals surface area contributed by atoms with Gasteiger partial charge in [-0.1, -0.05) is 0 Å². The molecular formula is C13H39O6Si6. The number of rotatable bonds is 10. The second-order valence-corrected chi connectivity index (χ2v) is 34.0. The van der Waals surface area contributed by atoms with Gasteiger partial charge in [0.1, 0.15) is 0 Å². The summed E-state index contributed by atoms with van der Waals surface area (Å²) in [4.78, 5) is 13.6. The molecule has 0 saturated carbocycles. The molecule has 6 nitrogen and oxygen atoms in total. The van der Waals surface area contributed by atoms with Crippen LogP contribution in [0.1, 0.15) is 0 Å². The second kappa shape index (κ2) is 8.20. The zero-order valence-electron chi connectivity index (χ0n) is 18.4. The van der Waals surface area contributed by atoms with Crippen molar-refractivity contribution in [1.82, 2.24) is 0 Å². The van der Waals surface area contributed by atoms with E-state index in [-0.39, 0.29) is 0 Å². The van der Waals surface area contributed by atoms with Crippen LogP contribution in [0.5, 0.6) is 0 Å². The summed E-state index contributed by atoms with van der Waals surface area (Å²) in [7, 11) is -15.6. The Morgan fingerprint density at radius 3 is 0.840 bits per heavy atom. The van der Waals surface area contributed by atoms with Crippen molar-refractivity contribution in [3.05, 3.63) is 0 Å². The summed E-state index contributed by atoms with van der Waals surface area (Å²) in [6, 6.07) is 0. The molecule has 0 atom stereocenters. The van der Waals surface area contributed by atoms with E-state index < -0.39 is 51.1 Å². The first-order valence-corrected chi connectivity index (χ1v) is 26.2. The number of hydrogen-bond acceptors (Lipinski definition) is 5. The molecule has 25 heavy (non-hydrogen) atoms. The van der Waals surface area contributed by atoms with E-state index in [9.17, 15) is 4.80 Å². The molecule has 0 bridgehead atoms. The standard InChI is InChI=1S/C13H39O6Si6/c1-20(2,3)15-24(13,16-21(4,5)6)19-25(14,17-22(7,8)9)18-23(10,11)12/h1-13H3. The predicted molar refractivity (Wildman–Crippen MR) is 117 cm³/mol. The van der Waals surface area contributed by atoms with Crippen LogP contribution in [-0.4, -0.2) is 51.1 Å². The fourth-order valence-corrected chi connectivity index (χ4v) is 22.2. The highest BCUT2D eigenvalue weighted by Crippen LogP contribution is 2.28. The van der Waals surface area contributed by atoms with Crippen LogP contribution in [0.4, 0.5) is 0 Å². The van der Waals surface area contributed by atoms with E-state index in [1.807, 2.05) is 45.8 Å². The fourth-order valence-electron chi connectivity index (χ4n) is 2.21. The van der Waals surface area contributed by atoms with Gasteiger partial charge in [-0.15, -0.1) is 0 Å². The largest absolute Gasteiger partial charge is 0.678 e. The SMILES string of the molecule is C[Si](C)(C)O[Si](C)(O[Si](C)(C)C)O[Si]([O])(O[Si](C)(C)C)O[Si](C)(C)C. The third-order valence-electron chi connectivity index (χ3n) is 2.16.